The van der Waals surface area contributed by atoms with Gasteiger partial charge in [-0.05, 0) is 66.9 Å². The normalized spacial score (nSPS) is 12.0. The molecule has 1 N–H and O–H groups in total. The van der Waals surface area contributed by atoms with Gasteiger partial charge in [0, 0.05) is 29.2 Å². The number of hydrogen-bond acceptors (Lipinski definition) is 6. The van der Waals surface area contributed by atoms with E-state index in [2.05, 4.69) is 5.32 Å². The molecule has 0 unspecified atom stereocenters. The van der Waals surface area contributed by atoms with Crippen molar-refractivity contribution < 1.29 is 27.5 Å². The number of sulfonamides is 1. The Balaban J connectivity index is 2.04. The second-order valence-corrected chi connectivity index (χ2v) is 12.7. The summed E-state index contributed by atoms with van der Waals surface area (Å²) in [5, 5.41) is 3.78. The summed E-state index contributed by atoms with van der Waals surface area (Å²) >= 11 is 12.1. The van der Waals surface area contributed by atoms with E-state index in [1.165, 1.54) is 61.6 Å². The van der Waals surface area contributed by atoms with Gasteiger partial charge in [-0.2, -0.15) is 0 Å². The molecule has 0 saturated heterocycles. The van der Waals surface area contributed by atoms with E-state index in [0.717, 1.165) is 9.87 Å². The third-order valence-electron chi connectivity index (χ3n) is 6.45. The van der Waals surface area contributed by atoms with E-state index in [4.69, 9.17) is 32.7 Å². The van der Waals surface area contributed by atoms with Crippen molar-refractivity contribution in [2.24, 2.45) is 5.92 Å². The van der Waals surface area contributed by atoms with Crippen molar-refractivity contribution in [2.75, 3.05) is 31.6 Å². The quantitative estimate of drug-likeness (QED) is 0.270. The van der Waals surface area contributed by atoms with Crippen LogP contribution in [0.4, 0.5) is 5.69 Å². The highest BCUT2D eigenvalue weighted by Crippen LogP contribution is 2.32. The molecule has 9 nitrogen and oxygen atoms in total. The average molecular weight is 637 g/mol. The van der Waals surface area contributed by atoms with Gasteiger partial charge in [-0.25, -0.2) is 8.42 Å². The number of nitrogens with zero attached hydrogens (tertiary/aromatic N) is 2. The summed E-state index contributed by atoms with van der Waals surface area (Å²) in [6.07, 6.45) is 0. The number of carbonyl (C=O) groups excluding carboxylic acids is 2. The first kappa shape index (κ1) is 33.0. The van der Waals surface area contributed by atoms with Crippen LogP contribution < -0.4 is 19.1 Å². The number of amides is 2. The van der Waals surface area contributed by atoms with Crippen molar-refractivity contribution >= 4 is 50.7 Å². The molecule has 3 aromatic carbocycles. The van der Waals surface area contributed by atoms with Crippen molar-refractivity contribution in [3.05, 3.63) is 82.3 Å². The van der Waals surface area contributed by atoms with Crippen LogP contribution in [0.25, 0.3) is 0 Å². The van der Waals surface area contributed by atoms with E-state index in [1.807, 2.05) is 13.8 Å². The molecule has 42 heavy (non-hydrogen) atoms. The second-order valence-electron chi connectivity index (χ2n) is 9.97. The number of hydrogen-bond donors (Lipinski definition) is 1. The Morgan fingerprint density at radius 1 is 0.857 bits per heavy atom. The monoisotopic (exact) mass is 635 g/mol. The smallest absolute Gasteiger partial charge is 0.264 e. The van der Waals surface area contributed by atoms with Gasteiger partial charge in [0.1, 0.15) is 12.6 Å². The number of methoxy groups -OCH3 is 2. The summed E-state index contributed by atoms with van der Waals surface area (Å²) in [5.74, 6) is -0.182. The molecule has 0 bridgehead atoms. The maximum atomic E-state index is 14.1. The van der Waals surface area contributed by atoms with Crippen LogP contribution in [-0.2, 0) is 26.2 Å². The van der Waals surface area contributed by atoms with Gasteiger partial charge in [0.15, 0.2) is 11.5 Å². The first-order valence-corrected chi connectivity index (χ1v) is 15.4. The number of benzene rings is 3. The zero-order chi connectivity index (χ0) is 31.0. The molecule has 0 fully saturated rings. The van der Waals surface area contributed by atoms with E-state index < -0.39 is 28.5 Å². The van der Waals surface area contributed by atoms with E-state index in [9.17, 15) is 18.0 Å². The lowest BCUT2D eigenvalue weighted by atomic mass is 10.1. The fourth-order valence-corrected chi connectivity index (χ4v) is 5.74. The molecule has 0 radical (unpaired) electrons. The molecule has 0 aliphatic carbocycles. The third-order valence-corrected chi connectivity index (χ3v) is 8.73. The standard InChI is InChI=1S/C30H35Cl2N3O6S/c1-20(2)17-33-30(37)21(3)34(18-22-6-8-23(31)9-7-22)29(36)19-35(25-12-10-24(32)11-13-25)42(38,39)26-14-15-27(40-4)28(16-26)41-5/h6-16,20-21H,17-19H2,1-5H3,(H,33,37)/t21-/m1/s1. The lowest BCUT2D eigenvalue weighted by Gasteiger charge is -2.32. The van der Waals surface area contributed by atoms with Crippen molar-refractivity contribution in [3.63, 3.8) is 0 Å². The highest BCUT2D eigenvalue weighted by molar-refractivity contribution is 7.92. The fraction of sp³-hybridized carbons (Fsp3) is 0.333. The minimum Gasteiger partial charge on any atom is -0.493 e. The maximum Gasteiger partial charge on any atom is 0.264 e. The Hall–Kier alpha value is -3.47. The molecule has 0 aromatic heterocycles. The SMILES string of the molecule is COc1ccc(S(=O)(=O)N(CC(=O)N(Cc2ccc(Cl)cc2)[C@H](C)C(=O)NCC(C)C)c2ccc(Cl)cc2)cc1OC. The van der Waals surface area contributed by atoms with Crippen molar-refractivity contribution in [3.8, 4) is 11.5 Å². The summed E-state index contributed by atoms with van der Waals surface area (Å²) in [5.41, 5.74) is 0.933. The van der Waals surface area contributed by atoms with Crippen LogP contribution in [0.1, 0.15) is 26.3 Å². The molecule has 0 heterocycles. The molecule has 226 valence electrons. The summed E-state index contributed by atoms with van der Waals surface area (Å²) < 4.78 is 39.7. The molecule has 3 aromatic rings. The van der Waals surface area contributed by atoms with E-state index >= 15 is 0 Å². The highest BCUT2D eigenvalue weighted by Gasteiger charge is 2.33. The van der Waals surface area contributed by atoms with Crippen molar-refractivity contribution in [1.82, 2.24) is 10.2 Å². The van der Waals surface area contributed by atoms with Crippen LogP contribution in [0.2, 0.25) is 10.0 Å². The zero-order valence-electron chi connectivity index (χ0n) is 24.1. The number of nitrogens with one attached hydrogen (secondary N) is 1. The molecule has 0 spiro atoms. The van der Waals surface area contributed by atoms with Crippen LogP contribution >= 0.6 is 23.2 Å². The van der Waals surface area contributed by atoms with Gasteiger partial charge in [0.25, 0.3) is 10.0 Å². The summed E-state index contributed by atoms with van der Waals surface area (Å²) in [6.45, 7) is 5.43. The lowest BCUT2D eigenvalue weighted by molar-refractivity contribution is -0.139. The van der Waals surface area contributed by atoms with Gasteiger partial charge in [0.2, 0.25) is 11.8 Å². The Morgan fingerprint density at radius 2 is 1.43 bits per heavy atom. The van der Waals surface area contributed by atoms with Gasteiger partial charge >= 0.3 is 0 Å². The molecule has 1 atom stereocenters. The van der Waals surface area contributed by atoms with Crippen LogP contribution in [-0.4, -0.2) is 58.5 Å². The molecule has 0 aliphatic heterocycles. The highest BCUT2D eigenvalue weighted by atomic mass is 35.5. The minimum atomic E-state index is -4.31. The number of halogens is 2. The minimum absolute atomic E-state index is 0.0527. The Kier molecular flexibility index (Phi) is 11.5. The molecular formula is C30H35Cl2N3O6S. The van der Waals surface area contributed by atoms with Gasteiger partial charge in [-0.15, -0.1) is 0 Å². The number of rotatable bonds is 13. The molecule has 2 amide bonds. The van der Waals surface area contributed by atoms with Crippen molar-refractivity contribution in [2.45, 2.75) is 38.3 Å². The second kappa shape index (κ2) is 14.6. The molecule has 0 aliphatic rings. The molecule has 12 heteroatoms. The van der Waals surface area contributed by atoms with Crippen LogP contribution in [0, 0.1) is 5.92 Å². The average Bonchev–Trinajstić information content (AvgIpc) is 2.97. The lowest BCUT2D eigenvalue weighted by Crippen LogP contribution is -2.51. The van der Waals surface area contributed by atoms with Crippen LogP contribution in [0.5, 0.6) is 11.5 Å². The van der Waals surface area contributed by atoms with Crippen LogP contribution in [0.3, 0.4) is 0 Å². The topological polar surface area (TPSA) is 105 Å². The van der Waals surface area contributed by atoms with Gasteiger partial charge < -0.3 is 19.7 Å². The summed E-state index contributed by atoms with van der Waals surface area (Å²) in [7, 11) is -1.47. The summed E-state index contributed by atoms with van der Waals surface area (Å²) in [4.78, 5) is 28.3. The number of carbonyl (C=O) groups is 2. The first-order valence-electron chi connectivity index (χ1n) is 13.2. The Labute approximate surface area is 257 Å². The fourth-order valence-electron chi connectivity index (χ4n) is 4.06. The van der Waals surface area contributed by atoms with E-state index in [0.29, 0.717) is 22.3 Å². The van der Waals surface area contributed by atoms with E-state index in [1.54, 1.807) is 31.2 Å². The Morgan fingerprint density at radius 3 is 1.98 bits per heavy atom. The van der Waals surface area contributed by atoms with Crippen molar-refractivity contribution in [1.29, 1.82) is 0 Å². The number of ether oxygens (including phenoxy) is 2. The van der Waals surface area contributed by atoms with Gasteiger partial charge in [-0.3, -0.25) is 13.9 Å². The predicted octanol–water partition coefficient (Wildman–Crippen LogP) is 5.40. The zero-order valence-corrected chi connectivity index (χ0v) is 26.5. The largest absolute Gasteiger partial charge is 0.493 e. The first-order chi connectivity index (χ1) is 19.9. The Bertz CT molecular complexity index is 1480. The van der Waals surface area contributed by atoms with Gasteiger partial charge in [0.05, 0.1) is 24.8 Å². The molecule has 0 saturated carbocycles. The van der Waals surface area contributed by atoms with E-state index in [-0.39, 0.29) is 34.7 Å². The summed E-state index contributed by atoms with van der Waals surface area (Å²) in [6, 6.07) is 16.2. The predicted molar refractivity (Wildman–Crippen MR) is 165 cm³/mol. The molecular weight excluding hydrogens is 601 g/mol. The third kappa shape index (κ3) is 8.30. The maximum absolute atomic E-state index is 14.1. The van der Waals surface area contributed by atoms with Gasteiger partial charge in [-0.1, -0.05) is 49.2 Å². The number of anilines is 1. The van der Waals surface area contributed by atoms with Crippen LogP contribution in [0.15, 0.2) is 71.6 Å². The molecule has 3 rings (SSSR count).